The van der Waals surface area contributed by atoms with Crippen LogP contribution in [0.1, 0.15) is 37.4 Å². The number of benzene rings is 2. The van der Waals surface area contributed by atoms with Crippen LogP contribution < -0.4 is 9.47 Å². The molecule has 1 heterocycles. The smallest absolute Gasteiger partial charge is 0.161 e. The Balaban J connectivity index is 0.00000225. The van der Waals surface area contributed by atoms with Gasteiger partial charge in [-0.05, 0) is 37.1 Å². The lowest BCUT2D eigenvalue weighted by atomic mass is 10.1. The van der Waals surface area contributed by atoms with Crippen LogP contribution in [0.25, 0.3) is 11.0 Å². The first-order valence-corrected chi connectivity index (χ1v) is 9.65. The second-order valence-electron chi connectivity index (χ2n) is 7.17. The Morgan fingerprint density at radius 1 is 1.07 bits per heavy atom. The minimum Gasteiger partial charge on any atom is -0.493 e. The van der Waals surface area contributed by atoms with Crippen LogP contribution >= 0.6 is 12.4 Å². The molecule has 2 aromatic carbocycles. The van der Waals surface area contributed by atoms with E-state index in [9.17, 15) is 5.11 Å². The fourth-order valence-electron chi connectivity index (χ4n) is 3.97. The molecule has 1 aromatic heterocycles. The van der Waals surface area contributed by atoms with Gasteiger partial charge in [-0.1, -0.05) is 37.1 Å². The minimum atomic E-state index is -0.632. The van der Waals surface area contributed by atoms with Crippen LogP contribution in [0.3, 0.4) is 0 Å². The average molecular weight is 403 g/mol. The predicted molar refractivity (Wildman–Crippen MR) is 113 cm³/mol. The third-order valence-electron chi connectivity index (χ3n) is 5.30. The van der Waals surface area contributed by atoms with Crippen LogP contribution in [-0.4, -0.2) is 34.5 Å². The quantitative estimate of drug-likeness (QED) is 0.629. The van der Waals surface area contributed by atoms with Crippen molar-refractivity contribution in [3.05, 3.63) is 54.4 Å². The number of nitrogens with zero attached hydrogens (tertiary/aromatic N) is 2. The number of para-hydroxylation sites is 4. The molecule has 1 aliphatic carbocycles. The Morgan fingerprint density at radius 3 is 2.50 bits per heavy atom. The van der Waals surface area contributed by atoms with E-state index in [2.05, 4.69) is 10.6 Å². The van der Waals surface area contributed by atoms with E-state index in [1.54, 1.807) is 7.11 Å². The molecule has 5 nitrogen and oxygen atoms in total. The monoisotopic (exact) mass is 402 g/mol. The van der Waals surface area contributed by atoms with Crippen molar-refractivity contribution in [3.63, 3.8) is 0 Å². The number of methoxy groups -OCH3 is 1. The molecule has 3 aromatic rings. The summed E-state index contributed by atoms with van der Waals surface area (Å²) in [7, 11) is 1.62. The van der Waals surface area contributed by atoms with Gasteiger partial charge in [0.05, 0.1) is 24.7 Å². The third kappa shape index (κ3) is 4.26. The number of hydrogen-bond donors (Lipinski definition) is 1. The minimum absolute atomic E-state index is 0. The van der Waals surface area contributed by atoms with E-state index in [-0.39, 0.29) is 19.0 Å². The van der Waals surface area contributed by atoms with Crippen LogP contribution in [0.15, 0.2) is 48.5 Å². The van der Waals surface area contributed by atoms with Crippen LogP contribution in [0.4, 0.5) is 0 Å². The Labute approximate surface area is 171 Å². The molecule has 1 N–H and O–H groups in total. The number of hydrogen-bond acceptors (Lipinski definition) is 4. The summed E-state index contributed by atoms with van der Waals surface area (Å²) in [5.74, 6) is 2.90. The Morgan fingerprint density at radius 2 is 1.75 bits per heavy atom. The van der Waals surface area contributed by atoms with Crippen molar-refractivity contribution in [1.29, 1.82) is 0 Å². The molecule has 4 rings (SSSR count). The lowest BCUT2D eigenvalue weighted by Crippen LogP contribution is -2.25. The lowest BCUT2D eigenvalue weighted by Gasteiger charge is -2.18. The van der Waals surface area contributed by atoms with E-state index in [0.29, 0.717) is 24.0 Å². The largest absolute Gasteiger partial charge is 0.493 e. The Bertz CT molecular complexity index is 906. The zero-order valence-corrected chi connectivity index (χ0v) is 16.9. The molecule has 1 atom stereocenters. The maximum Gasteiger partial charge on any atom is 0.161 e. The fraction of sp³-hybridized carbons (Fsp3) is 0.409. The van der Waals surface area contributed by atoms with Gasteiger partial charge in [0.2, 0.25) is 0 Å². The molecule has 150 valence electrons. The van der Waals surface area contributed by atoms with Crippen molar-refractivity contribution < 1.29 is 14.6 Å². The molecular weight excluding hydrogens is 376 g/mol. The van der Waals surface area contributed by atoms with Crippen molar-refractivity contribution in [2.75, 3.05) is 13.7 Å². The number of ether oxygens (including phenoxy) is 2. The third-order valence-corrected chi connectivity index (χ3v) is 5.30. The molecule has 1 unspecified atom stereocenters. The molecule has 6 heteroatoms. The van der Waals surface area contributed by atoms with Gasteiger partial charge in [0.15, 0.2) is 11.5 Å². The summed E-state index contributed by atoms with van der Waals surface area (Å²) in [6.45, 7) is 0.679. The number of aromatic nitrogens is 2. The van der Waals surface area contributed by atoms with E-state index in [1.165, 1.54) is 25.7 Å². The van der Waals surface area contributed by atoms with Crippen molar-refractivity contribution in [3.8, 4) is 11.5 Å². The van der Waals surface area contributed by atoms with Crippen molar-refractivity contribution in [1.82, 2.24) is 9.55 Å². The standard InChI is InChI=1S/C22H26N2O3.ClH/c1-26-20-12-6-7-13-21(20)27-15-17(25)14-24-19-11-5-4-10-18(19)23-22(24)16-8-2-3-9-16;/h4-7,10-13,16-17,25H,2-3,8-9,14-15H2,1H3;1H. The maximum absolute atomic E-state index is 10.7. The van der Waals surface area contributed by atoms with Crippen molar-refractivity contribution in [2.24, 2.45) is 0 Å². The van der Waals surface area contributed by atoms with Crippen LogP contribution in [0.5, 0.6) is 11.5 Å². The Kier molecular flexibility index (Phi) is 6.81. The maximum atomic E-state index is 10.7. The number of halogens is 1. The van der Waals surface area contributed by atoms with Crippen LogP contribution in [-0.2, 0) is 6.54 Å². The molecule has 28 heavy (non-hydrogen) atoms. The van der Waals surface area contributed by atoms with Gasteiger partial charge in [-0.15, -0.1) is 12.4 Å². The highest BCUT2D eigenvalue weighted by molar-refractivity contribution is 5.85. The zero-order chi connectivity index (χ0) is 18.6. The van der Waals surface area contributed by atoms with E-state index in [0.717, 1.165) is 16.9 Å². The molecule has 0 bridgehead atoms. The molecule has 0 amide bonds. The van der Waals surface area contributed by atoms with E-state index in [1.807, 2.05) is 42.5 Å². The summed E-state index contributed by atoms with van der Waals surface area (Å²) in [5, 5.41) is 10.7. The van der Waals surface area contributed by atoms with E-state index in [4.69, 9.17) is 14.5 Å². The molecule has 0 spiro atoms. The van der Waals surface area contributed by atoms with Gasteiger partial charge in [0.25, 0.3) is 0 Å². The summed E-state index contributed by atoms with van der Waals surface area (Å²) in [5.41, 5.74) is 2.08. The Hall–Kier alpha value is -2.24. The highest BCUT2D eigenvalue weighted by Gasteiger charge is 2.24. The van der Waals surface area contributed by atoms with E-state index >= 15 is 0 Å². The normalized spacial score (nSPS) is 15.4. The first kappa shape index (κ1) is 20.5. The first-order valence-electron chi connectivity index (χ1n) is 9.65. The molecule has 0 aliphatic heterocycles. The topological polar surface area (TPSA) is 56.5 Å². The number of aliphatic hydroxyl groups is 1. The number of rotatable bonds is 7. The van der Waals surface area contributed by atoms with Crippen molar-refractivity contribution >= 4 is 23.4 Å². The summed E-state index contributed by atoms with van der Waals surface area (Å²) in [4.78, 5) is 4.88. The zero-order valence-electron chi connectivity index (χ0n) is 16.1. The van der Waals surface area contributed by atoms with Crippen molar-refractivity contribution in [2.45, 2.75) is 44.2 Å². The first-order chi connectivity index (χ1) is 13.3. The van der Waals surface area contributed by atoms with Gasteiger partial charge in [-0.2, -0.15) is 0 Å². The van der Waals surface area contributed by atoms with Gasteiger partial charge >= 0.3 is 0 Å². The van der Waals surface area contributed by atoms with Crippen LogP contribution in [0.2, 0.25) is 0 Å². The highest BCUT2D eigenvalue weighted by Crippen LogP contribution is 2.35. The van der Waals surface area contributed by atoms with Gasteiger partial charge in [-0.3, -0.25) is 0 Å². The predicted octanol–water partition coefficient (Wildman–Crippen LogP) is 4.56. The highest BCUT2D eigenvalue weighted by atomic mass is 35.5. The number of imidazole rings is 1. The molecule has 1 fully saturated rings. The molecule has 0 radical (unpaired) electrons. The molecule has 1 saturated carbocycles. The summed E-state index contributed by atoms with van der Waals surface area (Å²) >= 11 is 0. The average Bonchev–Trinajstić information content (AvgIpc) is 3.35. The van der Waals surface area contributed by atoms with Gasteiger partial charge in [0, 0.05) is 5.92 Å². The van der Waals surface area contributed by atoms with Crippen LogP contribution in [0, 0.1) is 0 Å². The van der Waals surface area contributed by atoms with Gasteiger partial charge in [-0.25, -0.2) is 4.98 Å². The van der Waals surface area contributed by atoms with Gasteiger partial charge in [0.1, 0.15) is 18.5 Å². The van der Waals surface area contributed by atoms with Gasteiger partial charge < -0.3 is 19.1 Å². The number of aliphatic hydroxyl groups excluding tert-OH is 1. The summed E-state index contributed by atoms with van der Waals surface area (Å²) in [6, 6.07) is 15.7. The SMILES string of the molecule is COc1ccccc1OCC(O)Cn1c(C2CCCC2)nc2ccccc21.Cl. The molecule has 1 aliphatic rings. The second kappa shape index (κ2) is 9.30. The molecule has 0 saturated heterocycles. The fourth-order valence-corrected chi connectivity index (χ4v) is 3.97. The number of fused-ring (bicyclic) bond motifs is 1. The second-order valence-corrected chi connectivity index (χ2v) is 7.17. The summed E-state index contributed by atoms with van der Waals surface area (Å²) < 4.78 is 13.3. The summed E-state index contributed by atoms with van der Waals surface area (Å²) in [6.07, 6.45) is 4.24. The molecular formula is C22H27ClN2O3. The van der Waals surface area contributed by atoms with E-state index < -0.39 is 6.10 Å². The lowest BCUT2D eigenvalue weighted by molar-refractivity contribution is 0.0909.